The number of methoxy groups -OCH3 is 3. The van der Waals surface area contributed by atoms with E-state index in [2.05, 4.69) is 0 Å². The molecule has 1 aliphatic rings. The van der Waals surface area contributed by atoms with Gasteiger partial charge in [-0.15, -0.1) is 0 Å². The third-order valence-electron chi connectivity index (χ3n) is 5.18. The van der Waals surface area contributed by atoms with Crippen LogP contribution in [-0.4, -0.2) is 64.4 Å². The van der Waals surface area contributed by atoms with E-state index in [0.717, 1.165) is 5.56 Å². The highest BCUT2D eigenvalue weighted by atomic mass is 16.6. The summed E-state index contributed by atoms with van der Waals surface area (Å²) in [5.41, 5.74) is 1.28. The zero-order chi connectivity index (χ0) is 25.2. The Morgan fingerprint density at radius 2 is 1.51 bits per heavy atom. The molecule has 0 spiro atoms. The molecule has 2 aromatic rings. The molecule has 9 nitrogen and oxygen atoms in total. The first-order valence-electron chi connectivity index (χ1n) is 10.8. The van der Waals surface area contributed by atoms with Crippen LogP contribution >= 0.6 is 0 Å². The van der Waals surface area contributed by atoms with Gasteiger partial charge in [0.1, 0.15) is 11.6 Å². The first-order valence-corrected chi connectivity index (χ1v) is 10.8. The summed E-state index contributed by atoms with van der Waals surface area (Å²) < 4.78 is 26.5. The van der Waals surface area contributed by atoms with Gasteiger partial charge in [0.2, 0.25) is 0 Å². The van der Waals surface area contributed by atoms with Gasteiger partial charge < -0.3 is 28.6 Å². The van der Waals surface area contributed by atoms with Crippen molar-refractivity contribution in [2.24, 2.45) is 0 Å². The fourth-order valence-corrected chi connectivity index (χ4v) is 3.37. The topological polar surface area (TPSA) is 107 Å². The SMILES string of the molecule is COc1ccc(/C=C/C(=O)Oc2ccc(/C=C(\C#N)C(=O)N3CCOCC3)cc2OC)cc1OC. The van der Waals surface area contributed by atoms with Crippen molar-refractivity contribution in [2.75, 3.05) is 47.6 Å². The number of carbonyl (C=O) groups is 2. The van der Waals surface area contributed by atoms with Crippen molar-refractivity contribution >= 4 is 24.0 Å². The first kappa shape index (κ1) is 25.3. The Bertz CT molecular complexity index is 1170. The fourth-order valence-electron chi connectivity index (χ4n) is 3.37. The smallest absolute Gasteiger partial charge is 0.336 e. The summed E-state index contributed by atoms with van der Waals surface area (Å²) in [5.74, 6) is 0.633. The molecule has 0 bridgehead atoms. The number of amides is 1. The Hall–Kier alpha value is -4.29. The van der Waals surface area contributed by atoms with Crippen LogP contribution < -0.4 is 18.9 Å². The third kappa shape index (κ3) is 6.62. The van der Waals surface area contributed by atoms with Crippen LogP contribution in [0.5, 0.6) is 23.0 Å². The number of hydrogen-bond donors (Lipinski definition) is 0. The van der Waals surface area contributed by atoms with Gasteiger partial charge in [0.15, 0.2) is 23.0 Å². The lowest BCUT2D eigenvalue weighted by Gasteiger charge is -2.26. The largest absolute Gasteiger partial charge is 0.493 e. The van der Waals surface area contributed by atoms with Crippen LogP contribution in [0.4, 0.5) is 0 Å². The number of rotatable bonds is 8. The van der Waals surface area contributed by atoms with Crippen LogP contribution in [-0.2, 0) is 14.3 Å². The predicted octanol–water partition coefficient (Wildman–Crippen LogP) is 3.10. The van der Waals surface area contributed by atoms with Crippen LogP contribution in [0.3, 0.4) is 0 Å². The Morgan fingerprint density at radius 1 is 0.914 bits per heavy atom. The first-order chi connectivity index (χ1) is 17.0. The molecule has 0 unspecified atom stereocenters. The minimum atomic E-state index is -0.610. The normalized spacial score (nSPS) is 13.8. The molecule has 182 valence electrons. The maximum Gasteiger partial charge on any atom is 0.336 e. The summed E-state index contributed by atoms with van der Waals surface area (Å²) in [6.45, 7) is 1.76. The van der Waals surface area contributed by atoms with Gasteiger partial charge in [0.25, 0.3) is 5.91 Å². The Balaban J connectivity index is 1.72. The van der Waals surface area contributed by atoms with Crippen LogP contribution in [0.25, 0.3) is 12.2 Å². The highest BCUT2D eigenvalue weighted by Crippen LogP contribution is 2.30. The van der Waals surface area contributed by atoms with E-state index < -0.39 is 5.97 Å². The Morgan fingerprint density at radius 3 is 2.17 bits per heavy atom. The summed E-state index contributed by atoms with van der Waals surface area (Å²) in [6.07, 6.45) is 4.34. The molecular weight excluding hydrogens is 452 g/mol. The number of carbonyl (C=O) groups excluding carboxylic acids is 2. The molecular formula is C26H26N2O7. The maximum atomic E-state index is 12.6. The van der Waals surface area contributed by atoms with Gasteiger partial charge in [-0.3, -0.25) is 4.79 Å². The maximum absolute atomic E-state index is 12.6. The zero-order valence-electron chi connectivity index (χ0n) is 19.8. The Labute approximate surface area is 203 Å². The lowest BCUT2D eigenvalue weighted by atomic mass is 10.1. The quantitative estimate of drug-likeness (QED) is 0.247. The second kappa shape index (κ2) is 12.3. The standard InChI is InChI=1S/C26H26N2O7/c1-31-21-7-4-18(15-23(21)32-2)6-9-25(29)35-22-8-5-19(16-24(22)33-3)14-20(17-27)26(30)28-10-12-34-13-11-28/h4-9,14-16H,10-13H2,1-3H3/b9-6+,20-14+. The highest BCUT2D eigenvalue weighted by molar-refractivity contribution is 6.01. The van der Waals surface area contributed by atoms with Gasteiger partial charge in [-0.25, -0.2) is 4.79 Å². The second-order valence-corrected chi connectivity index (χ2v) is 7.35. The second-order valence-electron chi connectivity index (χ2n) is 7.35. The van der Waals surface area contributed by atoms with Crippen molar-refractivity contribution < 1.29 is 33.3 Å². The molecule has 2 aromatic carbocycles. The summed E-state index contributed by atoms with van der Waals surface area (Å²) in [6, 6.07) is 12.0. The van der Waals surface area contributed by atoms with Gasteiger partial charge >= 0.3 is 5.97 Å². The molecule has 1 aliphatic heterocycles. The van der Waals surface area contributed by atoms with E-state index in [-0.39, 0.29) is 23.0 Å². The van der Waals surface area contributed by atoms with Crippen LogP contribution in [0.15, 0.2) is 48.0 Å². The molecule has 0 radical (unpaired) electrons. The number of hydrogen-bond acceptors (Lipinski definition) is 8. The third-order valence-corrected chi connectivity index (χ3v) is 5.18. The molecule has 0 saturated carbocycles. The monoisotopic (exact) mass is 478 g/mol. The predicted molar refractivity (Wildman–Crippen MR) is 128 cm³/mol. The van der Waals surface area contributed by atoms with Crippen LogP contribution in [0.1, 0.15) is 11.1 Å². The van der Waals surface area contributed by atoms with Crippen molar-refractivity contribution in [3.63, 3.8) is 0 Å². The summed E-state index contributed by atoms with van der Waals surface area (Å²) >= 11 is 0. The molecule has 1 heterocycles. The molecule has 0 aromatic heterocycles. The van der Waals surface area contributed by atoms with Crippen molar-refractivity contribution in [1.29, 1.82) is 5.26 Å². The van der Waals surface area contributed by atoms with Crippen LogP contribution in [0.2, 0.25) is 0 Å². The summed E-state index contributed by atoms with van der Waals surface area (Å²) in [4.78, 5) is 26.6. The van der Waals surface area contributed by atoms with E-state index in [4.69, 9.17) is 23.7 Å². The van der Waals surface area contributed by atoms with E-state index in [1.54, 1.807) is 54.5 Å². The fraction of sp³-hybridized carbons (Fsp3) is 0.269. The average molecular weight is 479 g/mol. The van der Waals surface area contributed by atoms with Crippen molar-refractivity contribution in [3.8, 4) is 29.1 Å². The zero-order valence-corrected chi connectivity index (χ0v) is 19.8. The summed E-state index contributed by atoms with van der Waals surface area (Å²) in [7, 11) is 4.51. The van der Waals surface area contributed by atoms with E-state index in [9.17, 15) is 14.9 Å². The minimum Gasteiger partial charge on any atom is -0.493 e. The number of nitriles is 1. The molecule has 9 heteroatoms. The summed E-state index contributed by atoms with van der Waals surface area (Å²) in [5, 5.41) is 9.48. The van der Waals surface area contributed by atoms with Crippen molar-refractivity contribution in [1.82, 2.24) is 4.90 Å². The average Bonchev–Trinajstić information content (AvgIpc) is 2.91. The van der Waals surface area contributed by atoms with Gasteiger partial charge in [0.05, 0.1) is 34.5 Å². The van der Waals surface area contributed by atoms with Crippen molar-refractivity contribution in [2.45, 2.75) is 0 Å². The van der Waals surface area contributed by atoms with E-state index in [0.29, 0.717) is 43.4 Å². The van der Waals surface area contributed by atoms with Gasteiger partial charge in [-0.2, -0.15) is 5.26 Å². The molecule has 0 aliphatic carbocycles. The lowest BCUT2D eigenvalue weighted by Crippen LogP contribution is -2.41. The molecule has 0 N–H and O–H groups in total. The van der Waals surface area contributed by atoms with Crippen molar-refractivity contribution in [3.05, 3.63) is 59.2 Å². The molecule has 35 heavy (non-hydrogen) atoms. The number of ether oxygens (including phenoxy) is 5. The molecule has 0 atom stereocenters. The minimum absolute atomic E-state index is 0.00319. The van der Waals surface area contributed by atoms with Gasteiger partial charge in [-0.1, -0.05) is 12.1 Å². The number of benzene rings is 2. The van der Waals surface area contributed by atoms with E-state index in [1.165, 1.54) is 26.4 Å². The van der Waals surface area contributed by atoms with E-state index in [1.807, 2.05) is 6.07 Å². The number of esters is 1. The van der Waals surface area contributed by atoms with Crippen LogP contribution in [0, 0.1) is 11.3 Å². The molecule has 1 fully saturated rings. The molecule has 1 amide bonds. The number of nitrogens with zero attached hydrogens (tertiary/aromatic N) is 2. The highest BCUT2D eigenvalue weighted by Gasteiger charge is 2.21. The Kier molecular flexibility index (Phi) is 8.87. The lowest BCUT2D eigenvalue weighted by molar-refractivity contribution is -0.130. The van der Waals surface area contributed by atoms with E-state index >= 15 is 0 Å². The number of morpholine rings is 1. The van der Waals surface area contributed by atoms with Gasteiger partial charge in [-0.05, 0) is 47.5 Å². The van der Waals surface area contributed by atoms with Gasteiger partial charge in [0, 0.05) is 19.2 Å². The molecule has 1 saturated heterocycles. The molecule has 3 rings (SSSR count).